The Morgan fingerprint density at radius 1 is 1.19 bits per heavy atom. The maximum Gasteiger partial charge on any atom is 0.123 e. The summed E-state index contributed by atoms with van der Waals surface area (Å²) >= 11 is 0. The Kier molecular flexibility index (Phi) is 4.48. The number of hydrogen-bond donors (Lipinski definition) is 1. The average Bonchev–Trinajstić information content (AvgIpc) is 2.18. The number of benzene rings is 1. The lowest BCUT2D eigenvalue weighted by Gasteiger charge is -2.20. The quantitative estimate of drug-likeness (QED) is 0.829. The van der Waals surface area contributed by atoms with E-state index in [2.05, 4.69) is 20.8 Å². The molecule has 0 saturated carbocycles. The van der Waals surface area contributed by atoms with E-state index in [0.29, 0.717) is 6.42 Å². The van der Waals surface area contributed by atoms with E-state index in [4.69, 9.17) is 0 Å². The van der Waals surface area contributed by atoms with Crippen LogP contribution in [0.25, 0.3) is 0 Å². The third kappa shape index (κ3) is 5.26. The molecule has 0 aromatic heterocycles. The van der Waals surface area contributed by atoms with Crippen LogP contribution in [-0.2, 0) is 6.42 Å². The molecule has 1 nitrogen and oxygen atoms in total. The molecular formula is C14H21FO. The minimum absolute atomic E-state index is 0.229. The molecule has 1 N–H and O–H groups in total. The second-order valence-electron chi connectivity index (χ2n) is 5.58. The number of hydrogen-bond acceptors (Lipinski definition) is 1. The fourth-order valence-electron chi connectivity index (χ4n) is 1.59. The van der Waals surface area contributed by atoms with Crippen LogP contribution in [0.4, 0.5) is 4.39 Å². The third-order valence-corrected chi connectivity index (χ3v) is 2.61. The van der Waals surface area contributed by atoms with Gasteiger partial charge in [-0.2, -0.15) is 0 Å². The SMILES string of the molecule is CC(C)(C)CCC(O)Cc1ccc(F)cc1. The van der Waals surface area contributed by atoms with Gasteiger partial charge in [0.1, 0.15) is 5.82 Å². The Morgan fingerprint density at radius 2 is 1.75 bits per heavy atom. The lowest BCUT2D eigenvalue weighted by Crippen LogP contribution is -2.15. The zero-order valence-corrected chi connectivity index (χ0v) is 10.3. The van der Waals surface area contributed by atoms with E-state index in [1.165, 1.54) is 12.1 Å². The Hall–Kier alpha value is -0.890. The standard InChI is InChI=1S/C14H21FO/c1-14(2,3)9-8-13(16)10-11-4-6-12(15)7-5-11/h4-7,13,16H,8-10H2,1-3H3. The number of halogens is 1. The first kappa shape index (κ1) is 13.2. The van der Waals surface area contributed by atoms with E-state index in [0.717, 1.165) is 18.4 Å². The van der Waals surface area contributed by atoms with Crippen LogP contribution in [0.2, 0.25) is 0 Å². The molecule has 0 aliphatic rings. The maximum absolute atomic E-state index is 12.7. The molecule has 0 radical (unpaired) electrons. The summed E-state index contributed by atoms with van der Waals surface area (Å²) in [4.78, 5) is 0. The monoisotopic (exact) mass is 224 g/mol. The smallest absolute Gasteiger partial charge is 0.123 e. The summed E-state index contributed by atoms with van der Waals surface area (Å²) in [5.41, 5.74) is 1.24. The van der Waals surface area contributed by atoms with E-state index in [1.54, 1.807) is 12.1 Å². The van der Waals surface area contributed by atoms with Gasteiger partial charge in [0.15, 0.2) is 0 Å². The predicted molar refractivity (Wildman–Crippen MR) is 64.8 cm³/mol. The molecule has 1 unspecified atom stereocenters. The maximum atomic E-state index is 12.7. The molecule has 0 amide bonds. The van der Waals surface area contributed by atoms with Crippen LogP contribution < -0.4 is 0 Å². The molecule has 0 aliphatic carbocycles. The molecule has 1 rings (SSSR count). The zero-order valence-electron chi connectivity index (χ0n) is 10.3. The van der Waals surface area contributed by atoms with E-state index in [1.807, 2.05) is 0 Å². The molecule has 90 valence electrons. The number of aliphatic hydroxyl groups is 1. The summed E-state index contributed by atoms with van der Waals surface area (Å²) < 4.78 is 12.7. The molecule has 0 fully saturated rings. The van der Waals surface area contributed by atoms with Crippen molar-refractivity contribution in [2.45, 2.75) is 46.1 Å². The Bertz CT molecular complexity index is 311. The fraction of sp³-hybridized carbons (Fsp3) is 0.571. The summed E-state index contributed by atoms with van der Waals surface area (Å²) in [7, 11) is 0. The van der Waals surface area contributed by atoms with Crippen molar-refractivity contribution in [3.05, 3.63) is 35.6 Å². The van der Waals surface area contributed by atoms with Crippen LogP contribution in [0, 0.1) is 11.2 Å². The van der Waals surface area contributed by atoms with Crippen molar-refractivity contribution in [3.63, 3.8) is 0 Å². The first-order valence-electron chi connectivity index (χ1n) is 5.79. The van der Waals surface area contributed by atoms with Gasteiger partial charge in [0.05, 0.1) is 6.10 Å². The van der Waals surface area contributed by atoms with Crippen molar-refractivity contribution in [2.24, 2.45) is 5.41 Å². The van der Waals surface area contributed by atoms with Gasteiger partial charge >= 0.3 is 0 Å². The van der Waals surface area contributed by atoms with Crippen LogP contribution in [0.5, 0.6) is 0 Å². The van der Waals surface area contributed by atoms with Gasteiger partial charge in [-0.25, -0.2) is 4.39 Å². The molecule has 0 aliphatic heterocycles. The third-order valence-electron chi connectivity index (χ3n) is 2.61. The highest BCUT2D eigenvalue weighted by Crippen LogP contribution is 2.22. The topological polar surface area (TPSA) is 20.2 Å². The molecule has 0 saturated heterocycles. The van der Waals surface area contributed by atoms with Crippen LogP contribution in [0.1, 0.15) is 39.2 Å². The molecule has 0 spiro atoms. The molecular weight excluding hydrogens is 203 g/mol. The second-order valence-corrected chi connectivity index (χ2v) is 5.58. The van der Waals surface area contributed by atoms with Gasteiger partial charge in [-0.3, -0.25) is 0 Å². The van der Waals surface area contributed by atoms with E-state index in [-0.39, 0.29) is 17.3 Å². The Balaban J connectivity index is 2.39. The van der Waals surface area contributed by atoms with Crippen LogP contribution in [-0.4, -0.2) is 11.2 Å². The molecule has 2 heteroatoms. The number of rotatable bonds is 4. The van der Waals surface area contributed by atoms with Gasteiger partial charge in [-0.05, 0) is 42.4 Å². The van der Waals surface area contributed by atoms with Crippen molar-refractivity contribution in [2.75, 3.05) is 0 Å². The highest BCUT2D eigenvalue weighted by Gasteiger charge is 2.13. The van der Waals surface area contributed by atoms with Crippen molar-refractivity contribution in [1.29, 1.82) is 0 Å². The Labute approximate surface area is 97.3 Å². The van der Waals surface area contributed by atoms with Gasteiger partial charge < -0.3 is 5.11 Å². The molecule has 1 aromatic carbocycles. The Morgan fingerprint density at radius 3 is 2.25 bits per heavy atom. The van der Waals surface area contributed by atoms with Crippen molar-refractivity contribution in [1.82, 2.24) is 0 Å². The molecule has 0 bridgehead atoms. The number of aliphatic hydroxyl groups excluding tert-OH is 1. The van der Waals surface area contributed by atoms with Crippen LogP contribution in [0.15, 0.2) is 24.3 Å². The van der Waals surface area contributed by atoms with E-state index >= 15 is 0 Å². The molecule has 0 heterocycles. The second kappa shape index (κ2) is 5.44. The van der Waals surface area contributed by atoms with Crippen LogP contribution in [0.3, 0.4) is 0 Å². The van der Waals surface area contributed by atoms with Gasteiger partial charge in [0.2, 0.25) is 0 Å². The lowest BCUT2D eigenvalue weighted by molar-refractivity contribution is 0.146. The highest BCUT2D eigenvalue weighted by molar-refractivity contribution is 5.16. The summed E-state index contributed by atoms with van der Waals surface area (Å²) in [6.07, 6.45) is 2.07. The van der Waals surface area contributed by atoms with Gasteiger partial charge in [0, 0.05) is 0 Å². The van der Waals surface area contributed by atoms with Crippen molar-refractivity contribution < 1.29 is 9.50 Å². The average molecular weight is 224 g/mol. The van der Waals surface area contributed by atoms with Gasteiger partial charge in [0.25, 0.3) is 0 Å². The van der Waals surface area contributed by atoms with Crippen molar-refractivity contribution >= 4 is 0 Å². The summed E-state index contributed by atoms with van der Waals surface area (Å²) in [6, 6.07) is 6.34. The fourth-order valence-corrected chi connectivity index (χ4v) is 1.59. The van der Waals surface area contributed by atoms with Crippen molar-refractivity contribution in [3.8, 4) is 0 Å². The normalized spacial score (nSPS) is 13.8. The highest BCUT2D eigenvalue weighted by atomic mass is 19.1. The summed E-state index contributed by atoms with van der Waals surface area (Å²) in [5, 5.41) is 9.84. The summed E-state index contributed by atoms with van der Waals surface area (Å²) in [6.45, 7) is 6.49. The predicted octanol–water partition coefficient (Wildman–Crippen LogP) is 3.56. The largest absolute Gasteiger partial charge is 0.393 e. The molecule has 1 atom stereocenters. The van der Waals surface area contributed by atoms with E-state index in [9.17, 15) is 9.50 Å². The van der Waals surface area contributed by atoms with E-state index < -0.39 is 0 Å². The van der Waals surface area contributed by atoms with Gasteiger partial charge in [-0.1, -0.05) is 32.9 Å². The minimum atomic E-state index is -0.329. The minimum Gasteiger partial charge on any atom is -0.393 e. The summed E-state index contributed by atoms with van der Waals surface area (Å²) in [5.74, 6) is -0.229. The first-order chi connectivity index (χ1) is 7.37. The zero-order chi connectivity index (χ0) is 12.2. The van der Waals surface area contributed by atoms with Gasteiger partial charge in [-0.15, -0.1) is 0 Å². The lowest BCUT2D eigenvalue weighted by atomic mass is 9.88. The van der Waals surface area contributed by atoms with Crippen LogP contribution >= 0.6 is 0 Å². The molecule has 16 heavy (non-hydrogen) atoms. The molecule has 1 aromatic rings. The first-order valence-corrected chi connectivity index (χ1v) is 5.79.